The Morgan fingerprint density at radius 3 is 2.58 bits per heavy atom. The first-order valence-corrected chi connectivity index (χ1v) is 6.79. The smallest absolute Gasteiger partial charge is 0.320 e. The Labute approximate surface area is 114 Å². The molecular weight excluding hydrogens is 242 g/mol. The molecule has 2 rings (SSSR count). The van der Waals surface area contributed by atoms with E-state index in [1.54, 1.807) is 6.92 Å². The summed E-state index contributed by atoms with van der Waals surface area (Å²) in [6.07, 6.45) is 2.06. The number of benzene rings is 1. The fourth-order valence-electron chi connectivity index (χ4n) is 2.37. The molecule has 1 N–H and O–H groups in total. The van der Waals surface area contributed by atoms with E-state index >= 15 is 0 Å². The van der Waals surface area contributed by atoms with E-state index in [1.807, 2.05) is 23.1 Å². The van der Waals surface area contributed by atoms with E-state index < -0.39 is 12.0 Å². The molecule has 0 aromatic heterocycles. The van der Waals surface area contributed by atoms with Crippen molar-refractivity contribution < 1.29 is 14.6 Å². The van der Waals surface area contributed by atoms with Gasteiger partial charge in [0.1, 0.15) is 6.04 Å². The minimum atomic E-state index is -0.747. The second-order valence-corrected chi connectivity index (χ2v) is 5.05. The fourth-order valence-corrected chi connectivity index (χ4v) is 2.37. The van der Waals surface area contributed by atoms with E-state index in [-0.39, 0.29) is 6.10 Å². The van der Waals surface area contributed by atoms with Crippen LogP contribution < -0.4 is 0 Å². The van der Waals surface area contributed by atoms with Crippen LogP contribution in [0.15, 0.2) is 30.3 Å². The highest BCUT2D eigenvalue weighted by atomic mass is 16.5. The second-order valence-electron chi connectivity index (χ2n) is 5.05. The van der Waals surface area contributed by atoms with Gasteiger partial charge in [0.25, 0.3) is 0 Å². The summed E-state index contributed by atoms with van der Waals surface area (Å²) in [6.45, 7) is 3.98. The number of rotatable bonds is 5. The van der Waals surface area contributed by atoms with Crippen molar-refractivity contribution in [1.29, 1.82) is 0 Å². The van der Waals surface area contributed by atoms with Crippen molar-refractivity contribution in [3.05, 3.63) is 35.9 Å². The van der Waals surface area contributed by atoms with Crippen LogP contribution in [0.4, 0.5) is 0 Å². The summed E-state index contributed by atoms with van der Waals surface area (Å²) >= 11 is 0. The van der Waals surface area contributed by atoms with Crippen molar-refractivity contribution in [3.8, 4) is 0 Å². The van der Waals surface area contributed by atoms with Gasteiger partial charge in [-0.05, 0) is 25.3 Å². The first kappa shape index (κ1) is 14.0. The van der Waals surface area contributed by atoms with E-state index in [0.717, 1.165) is 25.9 Å². The van der Waals surface area contributed by atoms with Gasteiger partial charge in [-0.15, -0.1) is 0 Å². The first-order chi connectivity index (χ1) is 9.16. The van der Waals surface area contributed by atoms with Gasteiger partial charge in [-0.25, -0.2) is 0 Å². The van der Waals surface area contributed by atoms with Crippen LogP contribution in [-0.4, -0.2) is 41.2 Å². The minimum absolute atomic E-state index is 0.248. The third-order valence-electron chi connectivity index (χ3n) is 3.71. The molecule has 4 heteroatoms. The molecular formula is C15H21NO3. The van der Waals surface area contributed by atoms with Crippen molar-refractivity contribution in [1.82, 2.24) is 4.90 Å². The Kier molecular flexibility index (Phi) is 4.93. The number of aliphatic carboxylic acids is 1. The van der Waals surface area contributed by atoms with Crippen LogP contribution in [0, 0.1) is 0 Å². The molecule has 1 aromatic rings. The van der Waals surface area contributed by atoms with Crippen molar-refractivity contribution >= 4 is 5.97 Å². The molecule has 1 fully saturated rings. The van der Waals surface area contributed by atoms with Gasteiger partial charge in [0, 0.05) is 13.1 Å². The number of hydrogen-bond donors (Lipinski definition) is 1. The van der Waals surface area contributed by atoms with Gasteiger partial charge < -0.3 is 9.84 Å². The third kappa shape index (κ3) is 4.04. The lowest BCUT2D eigenvalue weighted by molar-refractivity contribution is -0.143. The zero-order chi connectivity index (χ0) is 13.7. The van der Waals surface area contributed by atoms with Crippen LogP contribution in [0.25, 0.3) is 0 Å². The number of hydrogen-bond acceptors (Lipinski definition) is 3. The zero-order valence-electron chi connectivity index (χ0n) is 11.3. The molecule has 0 saturated carbocycles. The van der Waals surface area contributed by atoms with Crippen LogP contribution in [0.3, 0.4) is 0 Å². The maximum atomic E-state index is 10.9. The van der Waals surface area contributed by atoms with Gasteiger partial charge in [0.05, 0.1) is 12.7 Å². The highest BCUT2D eigenvalue weighted by Crippen LogP contribution is 2.17. The average molecular weight is 263 g/mol. The molecule has 1 atom stereocenters. The largest absolute Gasteiger partial charge is 0.480 e. The standard InChI is InChI=1S/C15H21NO3/c1-12(15(17)18)16-9-7-14(8-10-16)19-11-13-5-3-2-4-6-13/h2-6,12,14H,7-11H2,1H3,(H,17,18)/t12-/m1/s1. The monoisotopic (exact) mass is 263 g/mol. The number of carboxylic acid groups (broad SMARTS) is 1. The molecule has 1 saturated heterocycles. The Morgan fingerprint density at radius 1 is 1.37 bits per heavy atom. The van der Waals surface area contributed by atoms with Crippen molar-refractivity contribution in [2.24, 2.45) is 0 Å². The molecule has 104 valence electrons. The van der Waals surface area contributed by atoms with Gasteiger partial charge in [-0.1, -0.05) is 30.3 Å². The van der Waals surface area contributed by atoms with Gasteiger partial charge in [-0.2, -0.15) is 0 Å². The van der Waals surface area contributed by atoms with Crippen LogP contribution in [0.2, 0.25) is 0 Å². The van der Waals surface area contributed by atoms with Gasteiger partial charge in [0.15, 0.2) is 0 Å². The normalized spacial score (nSPS) is 19.2. The third-order valence-corrected chi connectivity index (χ3v) is 3.71. The lowest BCUT2D eigenvalue weighted by atomic mass is 10.1. The van der Waals surface area contributed by atoms with Crippen molar-refractivity contribution in [2.75, 3.05) is 13.1 Å². The van der Waals surface area contributed by atoms with Gasteiger partial charge in [0.2, 0.25) is 0 Å². The lowest BCUT2D eigenvalue weighted by Gasteiger charge is -2.34. The number of likely N-dealkylation sites (tertiary alicyclic amines) is 1. The van der Waals surface area contributed by atoms with E-state index in [1.165, 1.54) is 5.56 Å². The molecule has 0 unspecified atom stereocenters. The van der Waals surface area contributed by atoms with Gasteiger partial charge in [-0.3, -0.25) is 9.69 Å². The number of nitrogens with zero attached hydrogens (tertiary/aromatic N) is 1. The molecule has 1 aliphatic rings. The van der Waals surface area contributed by atoms with E-state index in [4.69, 9.17) is 9.84 Å². The van der Waals surface area contributed by atoms with Crippen LogP contribution in [0.1, 0.15) is 25.3 Å². The van der Waals surface area contributed by atoms with Crippen LogP contribution >= 0.6 is 0 Å². The van der Waals surface area contributed by atoms with Crippen molar-refractivity contribution in [2.45, 2.75) is 38.5 Å². The average Bonchev–Trinajstić information content (AvgIpc) is 2.46. The summed E-state index contributed by atoms with van der Waals surface area (Å²) in [5.74, 6) is -0.747. The maximum absolute atomic E-state index is 10.9. The maximum Gasteiger partial charge on any atom is 0.320 e. The predicted molar refractivity (Wildman–Crippen MR) is 72.9 cm³/mol. The highest BCUT2D eigenvalue weighted by molar-refractivity contribution is 5.72. The summed E-state index contributed by atoms with van der Waals surface area (Å²) < 4.78 is 5.88. The van der Waals surface area contributed by atoms with E-state index in [0.29, 0.717) is 6.61 Å². The molecule has 0 amide bonds. The number of carboxylic acids is 1. The van der Waals surface area contributed by atoms with E-state index in [9.17, 15) is 4.79 Å². The molecule has 0 radical (unpaired) electrons. The summed E-state index contributed by atoms with van der Waals surface area (Å²) in [6, 6.07) is 9.74. The molecule has 1 aliphatic heterocycles. The summed E-state index contributed by atoms with van der Waals surface area (Å²) in [5, 5.41) is 8.98. The topological polar surface area (TPSA) is 49.8 Å². The first-order valence-electron chi connectivity index (χ1n) is 6.79. The van der Waals surface area contributed by atoms with Crippen molar-refractivity contribution in [3.63, 3.8) is 0 Å². The molecule has 19 heavy (non-hydrogen) atoms. The molecule has 0 bridgehead atoms. The fraction of sp³-hybridized carbons (Fsp3) is 0.533. The lowest BCUT2D eigenvalue weighted by Crippen LogP contribution is -2.45. The molecule has 1 heterocycles. The Hall–Kier alpha value is -1.39. The highest BCUT2D eigenvalue weighted by Gasteiger charge is 2.26. The Bertz CT molecular complexity index is 399. The molecule has 4 nitrogen and oxygen atoms in total. The number of ether oxygens (including phenoxy) is 1. The molecule has 1 aromatic carbocycles. The van der Waals surface area contributed by atoms with Crippen LogP contribution in [0.5, 0.6) is 0 Å². The zero-order valence-corrected chi connectivity index (χ0v) is 11.3. The summed E-state index contributed by atoms with van der Waals surface area (Å²) in [7, 11) is 0. The Morgan fingerprint density at radius 2 is 2.00 bits per heavy atom. The molecule has 0 aliphatic carbocycles. The molecule has 0 spiro atoms. The SMILES string of the molecule is C[C@H](C(=O)O)N1CCC(OCc2ccccc2)CC1. The van der Waals surface area contributed by atoms with E-state index in [2.05, 4.69) is 12.1 Å². The predicted octanol–water partition coefficient (Wildman–Crippen LogP) is 2.14. The minimum Gasteiger partial charge on any atom is -0.480 e. The quantitative estimate of drug-likeness (QED) is 0.884. The summed E-state index contributed by atoms with van der Waals surface area (Å²) in [4.78, 5) is 12.9. The second kappa shape index (κ2) is 6.68. The number of carbonyl (C=O) groups is 1. The Balaban J connectivity index is 1.73. The van der Waals surface area contributed by atoms with Crippen LogP contribution in [-0.2, 0) is 16.1 Å². The number of piperidine rings is 1. The summed E-state index contributed by atoms with van der Waals surface area (Å²) in [5.41, 5.74) is 1.18. The van der Waals surface area contributed by atoms with Gasteiger partial charge >= 0.3 is 5.97 Å².